The van der Waals surface area contributed by atoms with E-state index in [9.17, 15) is 22.4 Å². The van der Waals surface area contributed by atoms with Crippen LogP contribution in [-0.2, 0) is 26.2 Å². The highest BCUT2D eigenvalue weighted by molar-refractivity contribution is 7.92. The van der Waals surface area contributed by atoms with Gasteiger partial charge in [-0.05, 0) is 52.3 Å². The van der Waals surface area contributed by atoms with Crippen LogP contribution in [0.4, 0.5) is 10.1 Å². The lowest BCUT2D eigenvalue weighted by Gasteiger charge is -2.33. The molecule has 0 spiro atoms. The minimum Gasteiger partial charge on any atom is -0.350 e. The van der Waals surface area contributed by atoms with Crippen molar-refractivity contribution in [3.8, 4) is 0 Å². The number of hydrogen-bond donors (Lipinski definition) is 1. The Morgan fingerprint density at radius 3 is 2.15 bits per heavy atom. The van der Waals surface area contributed by atoms with E-state index in [-0.39, 0.29) is 18.1 Å². The SMILES string of the molecule is Cc1ccc(CN(C(=O)CN(c2ccccc2F)S(C)(=O)=O)[C@@H](C)C(=O)NC(C)(C)C)cc1. The number of anilines is 1. The van der Waals surface area contributed by atoms with Gasteiger partial charge in [0.05, 0.1) is 11.9 Å². The van der Waals surface area contributed by atoms with Gasteiger partial charge in [0.2, 0.25) is 21.8 Å². The summed E-state index contributed by atoms with van der Waals surface area (Å²) in [5.41, 5.74) is 1.07. The lowest BCUT2D eigenvalue weighted by atomic mass is 10.1. The van der Waals surface area contributed by atoms with Gasteiger partial charge in [-0.15, -0.1) is 0 Å². The third-order valence-corrected chi connectivity index (χ3v) is 6.07. The third kappa shape index (κ3) is 7.56. The van der Waals surface area contributed by atoms with Gasteiger partial charge in [-0.25, -0.2) is 12.8 Å². The maximum atomic E-state index is 14.4. The van der Waals surface area contributed by atoms with Crippen LogP contribution >= 0.6 is 0 Å². The number of carbonyl (C=O) groups is 2. The maximum absolute atomic E-state index is 14.4. The molecular weight excluding hydrogens is 445 g/mol. The number of rotatable bonds is 8. The number of hydrogen-bond acceptors (Lipinski definition) is 4. The van der Waals surface area contributed by atoms with E-state index in [1.165, 1.54) is 23.1 Å². The molecule has 0 aromatic heterocycles. The molecule has 9 heteroatoms. The summed E-state index contributed by atoms with van der Waals surface area (Å²) >= 11 is 0. The maximum Gasteiger partial charge on any atom is 0.244 e. The Hall–Kier alpha value is -2.94. The number of aryl methyl sites for hydroxylation is 1. The molecule has 1 atom stereocenters. The van der Waals surface area contributed by atoms with Crippen molar-refractivity contribution in [2.45, 2.75) is 52.7 Å². The Kier molecular flexibility index (Phi) is 8.24. The second-order valence-electron chi connectivity index (χ2n) is 9.14. The van der Waals surface area contributed by atoms with Crippen molar-refractivity contribution in [3.63, 3.8) is 0 Å². The zero-order valence-corrected chi connectivity index (χ0v) is 20.7. The summed E-state index contributed by atoms with van der Waals surface area (Å²) in [7, 11) is -3.98. The number of benzene rings is 2. The summed E-state index contributed by atoms with van der Waals surface area (Å²) in [6.07, 6.45) is 0.909. The van der Waals surface area contributed by atoms with Gasteiger partial charge in [-0.2, -0.15) is 0 Å². The Morgan fingerprint density at radius 1 is 1.06 bits per heavy atom. The first-order valence-electron chi connectivity index (χ1n) is 10.6. The molecule has 2 aromatic carbocycles. The number of nitrogens with one attached hydrogen (secondary N) is 1. The quantitative estimate of drug-likeness (QED) is 0.633. The molecule has 2 aromatic rings. The number of sulfonamides is 1. The fraction of sp³-hybridized carbons (Fsp3) is 0.417. The molecule has 0 saturated carbocycles. The zero-order valence-electron chi connectivity index (χ0n) is 19.9. The van der Waals surface area contributed by atoms with Crippen LogP contribution < -0.4 is 9.62 Å². The van der Waals surface area contributed by atoms with E-state index >= 15 is 0 Å². The van der Waals surface area contributed by atoms with Gasteiger partial charge in [0.15, 0.2) is 0 Å². The van der Waals surface area contributed by atoms with Crippen LogP contribution in [0.1, 0.15) is 38.8 Å². The molecule has 0 bridgehead atoms. The second-order valence-corrected chi connectivity index (χ2v) is 11.1. The molecule has 33 heavy (non-hydrogen) atoms. The van der Waals surface area contributed by atoms with Gasteiger partial charge in [0.1, 0.15) is 18.4 Å². The van der Waals surface area contributed by atoms with Crippen LogP contribution in [0.25, 0.3) is 0 Å². The molecule has 0 heterocycles. The highest BCUT2D eigenvalue weighted by Crippen LogP contribution is 2.22. The molecule has 0 unspecified atom stereocenters. The topological polar surface area (TPSA) is 86.8 Å². The van der Waals surface area contributed by atoms with Crippen molar-refractivity contribution >= 4 is 27.5 Å². The van der Waals surface area contributed by atoms with Gasteiger partial charge in [-0.1, -0.05) is 42.0 Å². The van der Waals surface area contributed by atoms with Gasteiger partial charge < -0.3 is 10.2 Å². The third-order valence-electron chi connectivity index (χ3n) is 4.94. The normalized spacial score (nSPS) is 12.7. The average molecular weight is 478 g/mol. The Morgan fingerprint density at radius 2 is 1.64 bits per heavy atom. The van der Waals surface area contributed by atoms with Crippen molar-refractivity contribution in [1.82, 2.24) is 10.2 Å². The average Bonchev–Trinajstić information content (AvgIpc) is 2.69. The minimum atomic E-state index is -3.98. The van der Waals surface area contributed by atoms with Crippen LogP contribution in [-0.4, -0.2) is 49.5 Å². The van der Waals surface area contributed by atoms with Crippen molar-refractivity contribution in [1.29, 1.82) is 0 Å². The summed E-state index contributed by atoms with van der Waals surface area (Å²) in [5.74, 6) is -1.76. The number of amides is 2. The summed E-state index contributed by atoms with van der Waals surface area (Å²) in [4.78, 5) is 27.6. The Balaban J connectivity index is 2.41. The largest absolute Gasteiger partial charge is 0.350 e. The summed E-state index contributed by atoms with van der Waals surface area (Å²) in [6, 6.07) is 11.9. The van der Waals surface area contributed by atoms with Crippen molar-refractivity contribution in [3.05, 3.63) is 65.5 Å². The molecule has 0 aliphatic rings. The summed E-state index contributed by atoms with van der Waals surface area (Å²) in [5, 5.41) is 2.85. The first kappa shape index (κ1) is 26.3. The first-order chi connectivity index (χ1) is 15.2. The van der Waals surface area contributed by atoms with E-state index in [2.05, 4.69) is 5.32 Å². The fourth-order valence-electron chi connectivity index (χ4n) is 3.20. The van der Waals surface area contributed by atoms with E-state index in [1.807, 2.05) is 52.0 Å². The highest BCUT2D eigenvalue weighted by Gasteiger charge is 2.32. The monoisotopic (exact) mass is 477 g/mol. The first-order valence-corrected chi connectivity index (χ1v) is 12.4. The van der Waals surface area contributed by atoms with Crippen LogP contribution in [0, 0.1) is 12.7 Å². The van der Waals surface area contributed by atoms with E-state index in [4.69, 9.17) is 0 Å². The van der Waals surface area contributed by atoms with Crippen molar-refractivity contribution < 1.29 is 22.4 Å². The second kappa shape index (κ2) is 10.3. The van der Waals surface area contributed by atoms with E-state index < -0.39 is 39.9 Å². The van der Waals surface area contributed by atoms with Gasteiger partial charge in [0.25, 0.3) is 0 Å². The fourth-order valence-corrected chi connectivity index (χ4v) is 4.05. The van der Waals surface area contributed by atoms with Crippen molar-refractivity contribution in [2.24, 2.45) is 0 Å². The lowest BCUT2D eigenvalue weighted by molar-refractivity contribution is -0.140. The van der Waals surface area contributed by atoms with E-state index in [1.54, 1.807) is 6.92 Å². The van der Waals surface area contributed by atoms with Gasteiger partial charge in [-0.3, -0.25) is 13.9 Å². The minimum absolute atomic E-state index is 0.0900. The summed E-state index contributed by atoms with van der Waals surface area (Å²) < 4.78 is 40.0. The van der Waals surface area contributed by atoms with Crippen LogP contribution in [0.3, 0.4) is 0 Å². The number of halogens is 1. The molecule has 2 rings (SSSR count). The standard InChI is InChI=1S/C24H32FN3O4S/c1-17-11-13-19(14-12-17)15-27(18(2)23(30)26-24(3,4)5)22(29)16-28(33(6,31)32)21-10-8-7-9-20(21)25/h7-14,18H,15-16H2,1-6H3,(H,26,30)/t18-/m0/s1. The number of carbonyl (C=O) groups excluding carboxylic acids is 2. The van der Waals surface area contributed by atoms with Crippen LogP contribution in [0.5, 0.6) is 0 Å². The van der Waals surface area contributed by atoms with Gasteiger partial charge >= 0.3 is 0 Å². The predicted molar refractivity (Wildman–Crippen MR) is 128 cm³/mol. The van der Waals surface area contributed by atoms with Crippen LogP contribution in [0.15, 0.2) is 48.5 Å². The molecule has 2 amide bonds. The summed E-state index contributed by atoms with van der Waals surface area (Å²) in [6.45, 7) is 8.45. The van der Waals surface area contributed by atoms with E-state index in [0.717, 1.165) is 27.8 Å². The highest BCUT2D eigenvalue weighted by atomic mass is 32.2. The molecule has 0 saturated heterocycles. The zero-order chi connectivity index (χ0) is 25.0. The molecular formula is C24H32FN3O4S. The molecule has 0 radical (unpaired) electrons. The smallest absolute Gasteiger partial charge is 0.244 e. The molecule has 0 aliphatic heterocycles. The van der Waals surface area contributed by atoms with Crippen LogP contribution in [0.2, 0.25) is 0 Å². The molecule has 180 valence electrons. The molecule has 0 aliphatic carbocycles. The Labute approximate surface area is 195 Å². The van der Waals surface area contributed by atoms with Gasteiger partial charge in [0, 0.05) is 12.1 Å². The molecule has 1 N–H and O–H groups in total. The molecule has 7 nitrogen and oxygen atoms in total. The number of nitrogens with zero attached hydrogens (tertiary/aromatic N) is 2. The van der Waals surface area contributed by atoms with E-state index in [0.29, 0.717) is 0 Å². The predicted octanol–water partition coefficient (Wildman–Crippen LogP) is 3.23. The Bertz CT molecular complexity index is 1100. The van der Waals surface area contributed by atoms with Crippen molar-refractivity contribution in [2.75, 3.05) is 17.1 Å². The lowest BCUT2D eigenvalue weighted by Crippen LogP contribution is -2.54. The number of para-hydroxylation sites is 1. The molecule has 0 fully saturated rings.